The van der Waals surface area contributed by atoms with Crippen LogP contribution in [0.4, 0.5) is 0 Å². The molecule has 5 N–H and O–H groups in total. The summed E-state index contributed by atoms with van der Waals surface area (Å²) in [5, 5.41) is 2.71. The van der Waals surface area contributed by atoms with Crippen LogP contribution in [0.1, 0.15) is 25.7 Å². The molecule has 0 saturated carbocycles. The Morgan fingerprint density at radius 1 is 1.08 bits per heavy atom. The number of hydrogen-bond acceptors (Lipinski definition) is 3. The van der Waals surface area contributed by atoms with Crippen molar-refractivity contribution in [3.63, 3.8) is 0 Å². The SMILES string of the molecule is NCCCCCC(=O)NCCN. The van der Waals surface area contributed by atoms with E-state index in [0.717, 1.165) is 19.3 Å². The first-order valence-electron chi connectivity index (χ1n) is 4.48. The quantitative estimate of drug-likeness (QED) is 0.457. The second-order valence-corrected chi connectivity index (χ2v) is 2.74. The first kappa shape index (κ1) is 11.4. The zero-order valence-corrected chi connectivity index (χ0v) is 7.51. The molecule has 0 aliphatic heterocycles. The van der Waals surface area contributed by atoms with Crippen molar-refractivity contribution in [3.8, 4) is 0 Å². The van der Waals surface area contributed by atoms with Crippen molar-refractivity contribution in [1.82, 2.24) is 5.32 Å². The van der Waals surface area contributed by atoms with Crippen LogP contribution in [0.25, 0.3) is 0 Å². The highest BCUT2D eigenvalue weighted by Crippen LogP contribution is 1.97. The van der Waals surface area contributed by atoms with E-state index in [1.807, 2.05) is 0 Å². The lowest BCUT2D eigenvalue weighted by molar-refractivity contribution is -0.121. The first-order chi connectivity index (χ1) is 5.81. The topological polar surface area (TPSA) is 81.1 Å². The Morgan fingerprint density at radius 3 is 2.42 bits per heavy atom. The van der Waals surface area contributed by atoms with Crippen LogP contribution >= 0.6 is 0 Å². The van der Waals surface area contributed by atoms with E-state index in [1.54, 1.807) is 0 Å². The normalized spacial score (nSPS) is 9.83. The fraction of sp³-hybridized carbons (Fsp3) is 0.875. The zero-order valence-electron chi connectivity index (χ0n) is 7.51. The van der Waals surface area contributed by atoms with Crippen LogP contribution in [0.15, 0.2) is 0 Å². The number of amides is 1. The Kier molecular flexibility index (Phi) is 8.05. The van der Waals surface area contributed by atoms with Crippen LogP contribution in [0.5, 0.6) is 0 Å². The lowest BCUT2D eigenvalue weighted by Crippen LogP contribution is -2.28. The number of nitrogens with two attached hydrogens (primary N) is 2. The van der Waals surface area contributed by atoms with Crippen LogP contribution in [0.3, 0.4) is 0 Å². The van der Waals surface area contributed by atoms with Gasteiger partial charge in [0.2, 0.25) is 5.91 Å². The molecule has 0 aliphatic carbocycles. The molecule has 0 saturated heterocycles. The van der Waals surface area contributed by atoms with Gasteiger partial charge in [-0.15, -0.1) is 0 Å². The molecule has 0 bridgehead atoms. The summed E-state index contributed by atoms with van der Waals surface area (Å²) >= 11 is 0. The van der Waals surface area contributed by atoms with Crippen molar-refractivity contribution in [2.75, 3.05) is 19.6 Å². The summed E-state index contributed by atoms with van der Waals surface area (Å²) in [7, 11) is 0. The highest BCUT2D eigenvalue weighted by molar-refractivity contribution is 5.75. The second-order valence-electron chi connectivity index (χ2n) is 2.74. The summed E-state index contributed by atoms with van der Waals surface area (Å²) < 4.78 is 0. The van der Waals surface area contributed by atoms with Gasteiger partial charge < -0.3 is 16.8 Å². The minimum atomic E-state index is 0.0949. The molecule has 0 aromatic carbocycles. The minimum Gasteiger partial charge on any atom is -0.355 e. The molecule has 0 radical (unpaired) electrons. The maximum atomic E-state index is 11.0. The predicted molar refractivity (Wildman–Crippen MR) is 49.6 cm³/mol. The molecule has 0 rings (SSSR count). The van der Waals surface area contributed by atoms with Crippen LogP contribution in [0.2, 0.25) is 0 Å². The molecule has 72 valence electrons. The van der Waals surface area contributed by atoms with Crippen LogP contribution in [0, 0.1) is 0 Å². The molecule has 0 aromatic heterocycles. The van der Waals surface area contributed by atoms with Gasteiger partial charge in [-0.2, -0.15) is 0 Å². The fourth-order valence-electron chi connectivity index (χ4n) is 0.907. The second kappa shape index (κ2) is 8.49. The Morgan fingerprint density at radius 2 is 1.83 bits per heavy atom. The Labute approximate surface area is 73.7 Å². The molecule has 0 heterocycles. The highest BCUT2D eigenvalue weighted by atomic mass is 16.1. The fourth-order valence-corrected chi connectivity index (χ4v) is 0.907. The molecule has 0 aromatic rings. The number of carbonyl (C=O) groups excluding carboxylic acids is 1. The highest BCUT2D eigenvalue weighted by Gasteiger charge is 1.98. The number of hydrogen-bond donors (Lipinski definition) is 3. The van der Waals surface area contributed by atoms with Gasteiger partial charge in [-0.3, -0.25) is 4.79 Å². The summed E-state index contributed by atoms with van der Waals surface area (Å²) in [6, 6.07) is 0. The number of nitrogens with one attached hydrogen (secondary N) is 1. The maximum Gasteiger partial charge on any atom is 0.220 e. The number of carbonyl (C=O) groups is 1. The van der Waals surface area contributed by atoms with Crippen LogP contribution in [-0.2, 0) is 4.79 Å². The van der Waals surface area contributed by atoms with Gasteiger partial charge in [-0.05, 0) is 19.4 Å². The molecular formula is C8H19N3O. The molecule has 0 atom stereocenters. The Balaban J connectivity index is 3.08. The van der Waals surface area contributed by atoms with Gasteiger partial charge in [0.15, 0.2) is 0 Å². The number of unbranched alkanes of at least 4 members (excludes halogenated alkanes) is 2. The summed E-state index contributed by atoms with van der Waals surface area (Å²) in [6.45, 7) is 1.80. The van der Waals surface area contributed by atoms with Gasteiger partial charge in [-0.1, -0.05) is 6.42 Å². The van der Waals surface area contributed by atoms with Gasteiger partial charge in [-0.25, -0.2) is 0 Å². The van der Waals surface area contributed by atoms with Crippen LogP contribution < -0.4 is 16.8 Å². The molecule has 0 spiro atoms. The first-order valence-corrected chi connectivity index (χ1v) is 4.48. The lowest BCUT2D eigenvalue weighted by atomic mass is 10.2. The van der Waals surface area contributed by atoms with Crippen molar-refractivity contribution in [3.05, 3.63) is 0 Å². The molecule has 12 heavy (non-hydrogen) atoms. The Hall–Kier alpha value is -0.610. The monoisotopic (exact) mass is 173 g/mol. The summed E-state index contributed by atoms with van der Waals surface area (Å²) in [6.07, 6.45) is 3.56. The lowest BCUT2D eigenvalue weighted by Gasteiger charge is -2.02. The molecule has 0 aliphatic rings. The summed E-state index contributed by atoms with van der Waals surface area (Å²) in [5.74, 6) is 0.0949. The van der Waals surface area contributed by atoms with E-state index in [4.69, 9.17) is 11.5 Å². The van der Waals surface area contributed by atoms with E-state index >= 15 is 0 Å². The van der Waals surface area contributed by atoms with Crippen LogP contribution in [-0.4, -0.2) is 25.5 Å². The third kappa shape index (κ3) is 7.50. The van der Waals surface area contributed by atoms with Crippen molar-refractivity contribution >= 4 is 5.91 Å². The van der Waals surface area contributed by atoms with E-state index < -0.39 is 0 Å². The minimum absolute atomic E-state index is 0.0949. The standard InChI is InChI=1S/C8H19N3O/c9-5-3-1-2-4-8(12)11-7-6-10/h1-7,9-10H2,(H,11,12). The van der Waals surface area contributed by atoms with Crippen molar-refractivity contribution < 1.29 is 4.79 Å². The maximum absolute atomic E-state index is 11.0. The van der Waals surface area contributed by atoms with Crippen molar-refractivity contribution in [1.29, 1.82) is 0 Å². The Bertz CT molecular complexity index is 117. The van der Waals surface area contributed by atoms with Crippen molar-refractivity contribution in [2.45, 2.75) is 25.7 Å². The predicted octanol–water partition coefficient (Wildman–Crippen LogP) is -0.420. The van der Waals surface area contributed by atoms with E-state index in [2.05, 4.69) is 5.32 Å². The van der Waals surface area contributed by atoms with E-state index in [9.17, 15) is 4.79 Å². The number of rotatable bonds is 7. The van der Waals surface area contributed by atoms with Gasteiger partial charge >= 0.3 is 0 Å². The summed E-state index contributed by atoms with van der Waals surface area (Å²) in [5.41, 5.74) is 10.5. The zero-order chi connectivity index (χ0) is 9.23. The summed E-state index contributed by atoms with van der Waals surface area (Å²) in [4.78, 5) is 11.0. The van der Waals surface area contributed by atoms with Gasteiger partial charge in [0.25, 0.3) is 0 Å². The third-order valence-electron chi connectivity index (χ3n) is 1.57. The van der Waals surface area contributed by atoms with E-state index in [-0.39, 0.29) is 5.91 Å². The van der Waals surface area contributed by atoms with E-state index in [0.29, 0.717) is 26.1 Å². The molecule has 0 unspecified atom stereocenters. The third-order valence-corrected chi connectivity index (χ3v) is 1.57. The molecule has 4 heteroatoms. The average molecular weight is 173 g/mol. The molecule has 4 nitrogen and oxygen atoms in total. The molecule has 1 amide bonds. The van der Waals surface area contributed by atoms with E-state index in [1.165, 1.54) is 0 Å². The molecular weight excluding hydrogens is 154 g/mol. The van der Waals surface area contributed by atoms with Crippen molar-refractivity contribution in [2.24, 2.45) is 11.5 Å². The smallest absolute Gasteiger partial charge is 0.220 e. The van der Waals surface area contributed by atoms with Gasteiger partial charge in [0.1, 0.15) is 0 Å². The molecule has 0 fully saturated rings. The largest absolute Gasteiger partial charge is 0.355 e. The van der Waals surface area contributed by atoms with Gasteiger partial charge in [0.05, 0.1) is 0 Å². The average Bonchev–Trinajstić information content (AvgIpc) is 2.09. The van der Waals surface area contributed by atoms with Gasteiger partial charge in [0, 0.05) is 19.5 Å².